The molecule has 2 atom stereocenters. The van der Waals surface area contributed by atoms with E-state index in [1.165, 1.54) is 18.4 Å². The van der Waals surface area contributed by atoms with Crippen LogP contribution in [-0.4, -0.2) is 38.5 Å². The van der Waals surface area contributed by atoms with Crippen molar-refractivity contribution in [1.82, 2.24) is 24.8 Å². The Balaban J connectivity index is 1.62. The van der Waals surface area contributed by atoms with Gasteiger partial charge in [0.15, 0.2) is 5.82 Å². The van der Waals surface area contributed by atoms with Crippen LogP contribution in [0.15, 0.2) is 4.52 Å². The highest BCUT2D eigenvalue weighted by molar-refractivity contribution is 5.35. The SMILES string of the molecule is COc1c([C@@H]2CCCN2[C@@H](C)c2nc(C3CC3)no2)c(C)nn1C. The molecule has 0 unspecified atom stereocenters. The summed E-state index contributed by atoms with van der Waals surface area (Å²) in [7, 11) is 3.64. The predicted molar refractivity (Wildman–Crippen MR) is 87.9 cm³/mol. The van der Waals surface area contributed by atoms with Crippen LogP contribution in [0.5, 0.6) is 5.88 Å². The molecule has 130 valence electrons. The third kappa shape index (κ3) is 2.51. The van der Waals surface area contributed by atoms with Gasteiger partial charge in [-0.3, -0.25) is 4.90 Å². The minimum absolute atomic E-state index is 0.0989. The number of nitrogens with zero attached hydrogens (tertiary/aromatic N) is 5. The van der Waals surface area contributed by atoms with Gasteiger partial charge in [0.2, 0.25) is 11.8 Å². The fourth-order valence-corrected chi connectivity index (χ4v) is 3.91. The first-order chi connectivity index (χ1) is 11.6. The summed E-state index contributed by atoms with van der Waals surface area (Å²) in [5.41, 5.74) is 2.22. The molecule has 7 nitrogen and oxygen atoms in total. The lowest BCUT2D eigenvalue weighted by Crippen LogP contribution is -2.27. The standard InChI is InChI=1S/C17H25N5O2/c1-10-14(17(23-4)21(3)19-10)13-6-5-9-22(13)11(2)16-18-15(20-24-16)12-7-8-12/h11-13H,5-9H2,1-4H3/t11-,13-/m0/s1. The Labute approximate surface area is 142 Å². The number of ether oxygens (including phenoxy) is 1. The zero-order valence-corrected chi connectivity index (χ0v) is 14.8. The van der Waals surface area contributed by atoms with Crippen molar-refractivity contribution in [3.8, 4) is 5.88 Å². The minimum Gasteiger partial charge on any atom is -0.481 e. The van der Waals surface area contributed by atoms with Gasteiger partial charge in [-0.05, 0) is 46.1 Å². The van der Waals surface area contributed by atoms with E-state index in [4.69, 9.17) is 9.26 Å². The van der Waals surface area contributed by atoms with Crippen molar-refractivity contribution in [1.29, 1.82) is 0 Å². The number of rotatable bonds is 5. The van der Waals surface area contributed by atoms with E-state index in [1.807, 2.05) is 11.7 Å². The molecule has 2 aromatic heterocycles. The first-order valence-electron chi connectivity index (χ1n) is 8.77. The Morgan fingerprint density at radius 3 is 2.79 bits per heavy atom. The van der Waals surface area contributed by atoms with E-state index in [0.29, 0.717) is 5.92 Å². The molecule has 4 rings (SSSR count). The minimum atomic E-state index is 0.0989. The highest BCUT2D eigenvalue weighted by atomic mass is 16.5. The molecule has 0 amide bonds. The second-order valence-electron chi connectivity index (χ2n) is 6.97. The molecular formula is C17H25N5O2. The van der Waals surface area contributed by atoms with E-state index in [1.54, 1.807) is 7.11 Å². The molecule has 7 heteroatoms. The third-order valence-corrected chi connectivity index (χ3v) is 5.29. The third-order valence-electron chi connectivity index (χ3n) is 5.29. The summed E-state index contributed by atoms with van der Waals surface area (Å²) in [6.45, 7) is 5.22. The number of hydrogen-bond acceptors (Lipinski definition) is 6. The summed E-state index contributed by atoms with van der Waals surface area (Å²) in [5, 5.41) is 8.71. The van der Waals surface area contributed by atoms with Crippen LogP contribution in [0.2, 0.25) is 0 Å². The first-order valence-corrected chi connectivity index (χ1v) is 8.77. The zero-order valence-electron chi connectivity index (χ0n) is 14.8. The van der Waals surface area contributed by atoms with Gasteiger partial charge in [0, 0.05) is 19.0 Å². The van der Waals surface area contributed by atoms with E-state index in [-0.39, 0.29) is 12.1 Å². The molecule has 24 heavy (non-hydrogen) atoms. The highest BCUT2D eigenvalue weighted by Crippen LogP contribution is 2.43. The fraction of sp³-hybridized carbons (Fsp3) is 0.706. The molecule has 2 fully saturated rings. The van der Waals surface area contributed by atoms with Gasteiger partial charge in [-0.15, -0.1) is 0 Å². The topological polar surface area (TPSA) is 69.2 Å². The summed E-state index contributed by atoms with van der Waals surface area (Å²) in [6.07, 6.45) is 4.62. The van der Waals surface area contributed by atoms with Crippen LogP contribution in [0.3, 0.4) is 0 Å². The van der Waals surface area contributed by atoms with Crippen LogP contribution < -0.4 is 4.74 Å². The van der Waals surface area contributed by atoms with Crippen molar-refractivity contribution in [2.45, 2.75) is 57.5 Å². The molecule has 0 spiro atoms. The lowest BCUT2D eigenvalue weighted by atomic mass is 10.0. The molecule has 1 saturated heterocycles. The summed E-state index contributed by atoms with van der Waals surface area (Å²) < 4.78 is 13.0. The van der Waals surface area contributed by atoms with Gasteiger partial charge in [-0.25, -0.2) is 4.68 Å². The molecule has 0 N–H and O–H groups in total. The average molecular weight is 331 g/mol. The fourth-order valence-electron chi connectivity index (χ4n) is 3.91. The lowest BCUT2D eigenvalue weighted by Gasteiger charge is -2.28. The smallest absolute Gasteiger partial charge is 0.243 e. The number of methoxy groups -OCH3 is 1. The average Bonchev–Trinajstić information content (AvgIpc) is 3.00. The summed E-state index contributed by atoms with van der Waals surface area (Å²) in [5.74, 6) is 2.97. The van der Waals surface area contributed by atoms with Gasteiger partial charge in [0.1, 0.15) is 0 Å². The molecule has 0 radical (unpaired) electrons. The quantitative estimate of drug-likeness (QED) is 0.839. The molecule has 0 bridgehead atoms. The van der Waals surface area contributed by atoms with Gasteiger partial charge in [0.05, 0.1) is 24.4 Å². The largest absolute Gasteiger partial charge is 0.481 e. The zero-order chi connectivity index (χ0) is 16.8. The first kappa shape index (κ1) is 15.6. The lowest BCUT2D eigenvalue weighted by molar-refractivity contribution is 0.156. The Hall–Kier alpha value is -1.89. The number of aryl methyl sites for hydroxylation is 2. The summed E-state index contributed by atoms with van der Waals surface area (Å²) >= 11 is 0. The molecule has 1 aliphatic heterocycles. The Bertz CT molecular complexity index is 733. The molecule has 2 aliphatic rings. The maximum atomic E-state index is 5.61. The molecular weight excluding hydrogens is 306 g/mol. The monoisotopic (exact) mass is 331 g/mol. The Morgan fingerprint density at radius 2 is 2.08 bits per heavy atom. The van der Waals surface area contributed by atoms with Gasteiger partial charge < -0.3 is 9.26 Å². The molecule has 2 aromatic rings. The van der Waals surface area contributed by atoms with Crippen molar-refractivity contribution in [2.75, 3.05) is 13.7 Å². The van der Waals surface area contributed by atoms with Crippen LogP contribution in [0.1, 0.15) is 73.6 Å². The number of aromatic nitrogens is 4. The second kappa shape index (κ2) is 5.88. The van der Waals surface area contributed by atoms with Crippen LogP contribution in [-0.2, 0) is 7.05 Å². The van der Waals surface area contributed by atoms with Crippen molar-refractivity contribution in [3.63, 3.8) is 0 Å². The van der Waals surface area contributed by atoms with E-state index in [2.05, 4.69) is 34.0 Å². The van der Waals surface area contributed by atoms with E-state index < -0.39 is 0 Å². The van der Waals surface area contributed by atoms with Crippen LogP contribution in [0.25, 0.3) is 0 Å². The normalized spacial score (nSPS) is 22.9. The Morgan fingerprint density at radius 1 is 1.29 bits per heavy atom. The van der Waals surface area contributed by atoms with E-state index in [0.717, 1.165) is 42.7 Å². The summed E-state index contributed by atoms with van der Waals surface area (Å²) in [6, 6.07) is 0.377. The van der Waals surface area contributed by atoms with Gasteiger partial charge in [-0.1, -0.05) is 5.16 Å². The van der Waals surface area contributed by atoms with Gasteiger partial charge in [0.25, 0.3) is 0 Å². The maximum Gasteiger partial charge on any atom is 0.243 e. The van der Waals surface area contributed by atoms with E-state index in [9.17, 15) is 0 Å². The second-order valence-corrected chi connectivity index (χ2v) is 6.97. The molecule has 3 heterocycles. The van der Waals surface area contributed by atoms with Crippen molar-refractivity contribution < 1.29 is 9.26 Å². The maximum absolute atomic E-state index is 5.61. The molecule has 1 aliphatic carbocycles. The highest BCUT2D eigenvalue weighted by Gasteiger charge is 2.37. The van der Waals surface area contributed by atoms with Crippen molar-refractivity contribution in [2.24, 2.45) is 7.05 Å². The predicted octanol–water partition coefficient (Wildman–Crippen LogP) is 2.90. The van der Waals surface area contributed by atoms with Crippen molar-refractivity contribution in [3.05, 3.63) is 23.0 Å². The van der Waals surface area contributed by atoms with Crippen LogP contribution in [0.4, 0.5) is 0 Å². The van der Waals surface area contributed by atoms with E-state index >= 15 is 0 Å². The Kier molecular flexibility index (Phi) is 3.83. The number of hydrogen-bond donors (Lipinski definition) is 0. The summed E-state index contributed by atoms with van der Waals surface area (Å²) in [4.78, 5) is 7.08. The van der Waals surface area contributed by atoms with Gasteiger partial charge in [-0.2, -0.15) is 10.1 Å². The molecule has 1 saturated carbocycles. The van der Waals surface area contributed by atoms with Crippen LogP contribution in [0, 0.1) is 6.92 Å². The van der Waals surface area contributed by atoms with Gasteiger partial charge >= 0.3 is 0 Å². The molecule has 0 aromatic carbocycles. The van der Waals surface area contributed by atoms with Crippen LogP contribution >= 0.6 is 0 Å². The van der Waals surface area contributed by atoms with Crippen molar-refractivity contribution >= 4 is 0 Å². The number of likely N-dealkylation sites (tertiary alicyclic amines) is 1.